The standard InChI is InChI=1S/C22H36O2/c1-2-3-4-5-6-7-8-9-10-11-12-13-14-15-16-17-18-19-20-21-22(23)24/h6-7,9-10,12-13,20-21H,2-5,8,11,14-19H2,1H3,(H,23,24)/b7-6+,10-9-,13-12+,21-20?. The Morgan fingerprint density at radius 2 is 1.12 bits per heavy atom. The van der Waals surface area contributed by atoms with E-state index in [1.807, 2.05) is 0 Å². The molecule has 0 heterocycles. The number of carboxylic acid groups (broad SMARTS) is 1. The van der Waals surface area contributed by atoms with Crippen LogP contribution in [0.25, 0.3) is 0 Å². The topological polar surface area (TPSA) is 37.3 Å². The minimum Gasteiger partial charge on any atom is -0.478 e. The maximum absolute atomic E-state index is 10.3. The maximum atomic E-state index is 10.3. The zero-order valence-electron chi connectivity index (χ0n) is 15.5. The second kappa shape index (κ2) is 19.5. The summed E-state index contributed by atoms with van der Waals surface area (Å²) < 4.78 is 0. The minimum absolute atomic E-state index is 0.850. The van der Waals surface area contributed by atoms with Gasteiger partial charge in [0.25, 0.3) is 0 Å². The lowest BCUT2D eigenvalue weighted by Crippen LogP contribution is -1.85. The number of hydrogen-bond donors (Lipinski definition) is 1. The van der Waals surface area contributed by atoms with Crippen LogP contribution < -0.4 is 0 Å². The molecular weight excluding hydrogens is 296 g/mol. The molecule has 0 saturated heterocycles. The van der Waals surface area contributed by atoms with E-state index in [1.165, 1.54) is 51.0 Å². The van der Waals surface area contributed by atoms with Crippen LogP contribution in [0.15, 0.2) is 48.6 Å². The van der Waals surface area contributed by atoms with E-state index in [9.17, 15) is 4.79 Å². The molecule has 0 saturated carbocycles. The summed E-state index contributed by atoms with van der Waals surface area (Å²) in [6.45, 7) is 2.24. The highest BCUT2D eigenvalue weighted by molar-refractivity contribution is 5.79. The summed E-state index contributed by atoms with van der Waals surface area (Å²) in [6, 6.07) is 0. The fourth-order valence-electron chi connectivity index (χ4n) is 2.35. The largest absolute Gasteiger partial charge is 0.478 e. The van der Waals surface area contributed by atoms with Gasteiger partial charge in [0.2, 0.25) is 0 Å². The zero-order chi connectivity index (χ0) is 17.7. The first-order chi connectivity index (χ1) is 11.8. The molecule has 0 unspecified atom stereocenters. The van der Waals surface area contributed by atoms with Gasteiger partial charge in [-0.2, -0.15) is 0 Å². The number of allylic oxidation sites excluding steroid dienone is 7. The van der Waals surface area contributed by atoms with Crippen molar-refractivity contribution < 1.29 is 9.90 Å². The first-order valence-corrected chi connectivity index (χ1v) is 9.61. The summed E-state index contributed by atoms with van der Waals surface area (Å²) in [7, 11) is 0. The average Bonchev–Trinajstić information content (AvgIpc) is 2.56. The molecule has 0 aliphatic heterocycles. The van der Waals surface area contributed by atoms with Crippen LogP contribution in [0.5, 0.6) is 0 Å². The molecule has 0 aromatic rings. The van der Waals surface area contributed by atoms with Crippen LogP contribution in [0.1, 0.15) is 84.0 Å². The molecular formula is C22H36O2. The molecule has 0 spiro atoms. The fraction of sp³-hybridized carbons (Fsp3) is 0.591. The van der Waals surface area contributed by atoms with Gasteiger partial charge in [-0.1, -0.05) is 75.1 Å². The highest BCUT2D eigenvalue weighted by Crippen LogP contribution is 2.07. The Labute approximate surface area is 149 Å². The van der Waals surface area contributed by atoms with Gasteiger partial charge in [0.05, 0.1) is 0 Å². The third-order valence-electron chi connectivity index (χ3n) is 3.77. The number of rotatable bonds is 16. The van der Waals surface area contributed by atoms with Gasteiger partial charge in [-0.3, -0.25) is 0 Å². The molecule has 0 radical (unpaired) electrons. The van der Waals surface area contributed by atoms with Gasteiger partial charge < -0.3 is 5.11 Å². The molecule has 1 N–H and O–H groups in total. The van der Waals surface area contributed by atoms with E-state index in [0.29, 0.717) is 0 Å². The molecule has 2 heteroatoms. The first kappa shape index (κ1) is 22.4. The lowest BCUT2D eigenvalue weighted by molar-refractivity contribution is -0.131. The van der Waals surface area contributed by atoms with E-state index in [4.69, 9.17) is 5.11 Å². The van der Waals surface area contributed by atoms with Crippen molar-refractivity contribution in [3.05, 3.63) is 48.6 Å². The van der Waals surface area contributed by atoms with E-state index >= 15 is 0 Å². The van der Waals surface area contributed by atoms with Gasteiger partial charge in [-0.15, -0.1) is 0 Å². The molecule has 136 valence electrons. The van der Waals surface area contributed by atoms with Crippen LogP contribution in [0, 0.1) is 0 Å². The van der Waals surface area contributed by atoms with Gasteiger partial charge in [-0.05, 0) is 51.4 Å². The Morgan fingerprint density at radius 3 is 1.62 bits per heavy atom. The predicted molar refractivity (Wildman–Crippen MR) is 105 cm³/mol. The van der Waals surface area contributed by atoms with E-state index in [-0.39, 0.29) is 0 Å². The number of unbranched alkanes of at least 4 members (excludes halogenated alkanes) is 8. The molecule has 0 aliphatic rings. The van der Waals surface area contributed by atoms with Crippen molar-refractivity contribution in [3.63, 3.8) is 0 Å². The van der Waals surface area contributed by atoms with Crippen molar-refractivity contribution in [2.24, 2.45) is 0 Å². The Kier molecular flexibility index (Phi) is 18.2. The molecule has 0 fully saturated rings. The number of aliphatic carboxylic acids is 1. The van der Waals surface area contributed by atoms with Gasteiger partial charge in [-0.25, -0.2) is 4.79 Å². The molecule has 0 amide bonds. The minimum atomic E-state index is -0.850. The van der Waals surface area contributed by atoms with Crippen LogP contribution in [-0.4, -0.2) is 11.1 Å². The van der Waals surface area contributed by atoms with Crippen molar-refractivity contribution in [1.82, 2.24) is 0 Å². The summed E-state index contributed by atoms with van der Waals surface area (Å²) in [6.07, 6.45) is 30.5. The molecule has 24 heavy (non-hydrogen) atoms. The van der Waals surface area contributed by atoms with Crippen molar-refractivity contribution in [3.8, 4) is 0 Å². The van der Waals surface area contributed by atoms with Gasteiger partial charge in [0.1, 0.15) is 0 Å². The lowest BCUT2D eigenvalue weighted by Gasteiger charge is -1.96. The molecule has 0 rings (SSSR count). The molecule has 0 aromatic heterocycles. The summed E-state index contributed by atoms with van der Waals surface area (Å²) in [4.78, 5) is 10.3. The number of hydrogen-bond acceptors (Lipinski definition) is 1. The van der Waals surface area contributed by atoms with E-state index in [1.54, 1.807) is 6.08 Å². The Balaban J connectivity index is 3.31. The van der Waals surface area contributed by atoms with E-state index in [0.717, 1.165) is 32.1 Å². The third-order valence-corrected chi connectivity index (χ3v) is 3.77. The van der Waals surface area contributed by atoms with E-state index < -0.39 is 5.97 Å². The quantitative estimate of drug-likeness (QED) is 0.188. The van der Waals surface area contributed by atoms with Crippen molar-refractivity contribution >= 4 is 5.97 Å². The first-order valence-electron chi connectivity index (χ1n) is 9.61. The van der Waals surface area contributed by atoms with Crippen LogP contribution >= 0.6 is 0 Å². The summed E-state index contributed by atoms with van der Waals surface area (Å²) in [5, 5.41) is 8.45. The smallest absolute Gasteiger partial charge is 0.327 e. The third kappa shape index (κ3) is 20.4. The van der Waals surface area contributed by atoms with Gasteiger partial charge in [0, 0.05) is 6.08 Å². The fourth-order valence-corrected chi connectivity index (χ4v) is 2.35. The van der Waals surface area contributed by atoms with Crippen LogP contribution in [-0.2, 0) is 4.79 Å². The van der Waals surface area contributed by atoms with Crippen molar-refractivity contribution in [2.75, 3.05) is 0 Å². The number of carboxylic acids is 1. The Hall–Kier alpha value is -1.57. The number of carbonyl (C=O) groups is 1. The SMILES string of the molecule is CCCCC/C=C/C/C=C\C/C=C/CCCCCCC=CC(=O)O. The van der Waals surface area contributed by atoms with Crippen LogP contribution in [0.3, 0.4) is 0 Å². The molecule has 2 nitrogen and oxygen atoms in total. The van der Waals surface area contributed by atoms with Crippen molar-refractivity contribution in [2.45, 2.75) is 84.0 Å². The van der Waals surface area contributed by atoms with Gasteiger partial charge >= 0.3 is 5.97 Å². The second-order valence-corrected chi connectivity index (χ2v) is 6.11. The predicted octanol–water partition coefficient (Wildman–Crippen LogP) is 7.00. The molecule has 0 aliphatic carbocycles. The average molecular weight is 333 g/mol. The highest BCUT2D eigenvalue weighted by atomic mass is 16.4. The summed E-state index contributed by atoms with van der Waals surface area (Å²) >= 11 is 0. The second-order valence-electron chi connectivity index (χ2n) is 6.11. The Morgan fingerprint density at radius 1 is 0.667 bits per heavy atom. The lowest BCUT2D eigenvalue weighted by atomic mass is 10.1. The summed E-state index contributed by atoms with van der Waals surface area (Å²) in [5.74, 6) is -0.850. The monoisotopic (exact) mass is 332 g/mol. The maximum Gasteiger partial charge on any atom is 0.327 e. The van der Waals surface area contributed by atoms with E-state index in [2.05, 4.69) is 43.4 Å². The molecule has 0 aromatic carbocycles. The van der Waals surface area contributed by atoms with Crippen molar-refractivity contribution in [1.29, 1.82) is 0 Å². The summed E-state index contributed by atoms with van der Waals surface area (Å²) in [5.41, 5.74) is 0. The highest BCUT2D eigenvalue weighted by Gasteiger charge is 1.89. The van der Waals surface area contributed by atoms with Gasteiger partial charge in [0.15, 0.2) is 0 Å². The zero-order valence-corrected chi connectivity index (χ0v) is 15.5. The van der Waals surface area contributed by atoms with Crippen LogP contribution in [0.2, 0.25) is 0 Å². The molecule has 0 atom stereocenters. The Bertz CT molecular complexity index is 389. The molecule has 0 bridgehead atoms. The van der Waals surface area contributed by atoms with Crippen LogP contribution in [0.4, 0.5) is 0 Å². The normalized spacial score (nSPS) is 12.4.